The molecule has 4 rings (SSSR count). The zero-order valence-corrected chi connectivity index (χ0v) is 16.9. The van der Waals surface area contributed by atoms with Gasteiger partial charge in [-0.2, -0.15) is 4.98 Å². The molecule has 0 unspecified atom stereocenters. The number of nitrogens with zero attached hydrogens (tertiary/aromatic N) is 3. The lowest BCUT2D eigenvalue weighted by Crippen LogP contribution is -2.23. The summed E-state index contributed by atoms with van der Waals surface area (Å²) in [6.07, 6.45) is 0. The number of aryl methyl sites for hydroxylation is 1. The number of pyridine rings is 1. The first kappa shape index (κ1) is 20.6. The van der Waals surface area contributed by atoms with Crippen molar-refractivity contribution in [3.63, 3.8) is 0 Å². The molecule has 0 spiro atoms. The molecule has 0 aliphatic carbocycles. The molecule has 158 valence electrons. The van der Waals surface area contributed by atoms with E-state index in [4.69, 9.17) is 0 Å². The molecule has 0 aliphatic rings. The summed E-state index contributed by atoms with van der Waals surface area (Å²) in [5.74, 6) is -0.799. The van der Waals surface area contributed by atoms with Crippen LogP contribution in [0.2, 0.25) is 0 Å². The maximum atomic E-state index is 14.6. The summed E-state index contributed by atoms with van der Waals surface area (Å²) in [7, 11) is 0. The van der Waals surface area contributed by atoms with E-state index in [0.29, 0.717) is 22.2 Å². The van der Waals surface area contributed by atoms with E-state index < -0.39 is 11.4 Å². The number of aliphatic hydroxyl groups excluding tert-OH is 1. The second-order valence-corrected chi connectivity index (χ2v) is 7.28. The lowest BCUT2D eigenvalue weighted by atomic mass is 10.0. The Morgan fingerprint density at radius 1 is 1.10 bits per heavy atom. The lowest BCUT2D eigenvalue weighted by molar-refractivity contribution is 0.281. The van der Waals surface area contributed by atoms with Crippen LogP contribution in [0, 0.1) is 18.6 Å². The van der Waals surface area contributed by atoms with Crippen molar-refractivity contribution in [2.24, 2.45) is 0 Å². The summed E-state index contributed by atoms with van der Waals surface area (Å²) < 4.78 is 29.5. The summed E-state index contributed by atoms with van der Waals surface area (Å²) in [5.41, 5.74) is 1.54. The molecular weight excluding hydrogens is 402 g/mol. The average molecular weight is 422 g/mol. The number of rotatable bonds is 5. The molecule has 0 radical (unpaired) electrons. The minimum atomic E-state index is -0.575. The molecule has 0 amide bonds. The molecule has 2 aromatic heterocycles. The van der Waals surface area contributed by atoms with Crippen LogP contribution >= 0.6 is 0 Å². The number of para-hydroxylation sites is 1. The first-order valence-corrected chi connectivity index (χ1v) is 9.71. The number of nitrogens with one attached hydrogen (secondary N) is 1. The molecule has 0 bridgehead atoms. The summed E-state index contributed by atoms with van der Waals surface area (Å²) >= 11 is 0. The third-order valence-electron chi connectivity index (χ3n) is 4.94. The van der Waals surface area contributed by atoms with Crippen molar-refractivity contribution in [3.05, 3.63) is 82.1 Å². The van der Waals surface area contributed by atoms with Gasteiger partial charge in [-0.1, -0.05) is 12.1 Å². The summed E-state index contributed by atoms with van der Waals surface area (Å²) in [6, 6.07) is 12.8. The van der Waals surface area contributed by atoms with E-state index in [1.807, 2.05) is 0 Å². The summed E-state index contributed by atoms with van der Waals surface area (Å²) in [5, 5.41) is 12.9. The van der Waals surface area contributed by atoms with E-state index in [1.165, 1.54) is 41.0 Å². The number of aliphatic hydroxyl groups is 1. The molecule has 6 nitrogen and oxygen atoms in total. The van der Waals surface area contributed by atoms with Crippen molar-refractivity contribution >= 4 is 17.0 Å². The number of halogens is 2. The maximum absolute atomic E-state index is 14.6. The van der Waals surface area contributed by atoms with E-state index in [1.54, 1.807) is 32.0 Å². The third kappa shape index (κ3) is 3.89. The molecule has 0 saturated carbocycles. The lowest BCUT2D eigenvalue weighted by Gasteiger charge is -2.17. The van der Waals surface area contributed by atoms with Crippen LogP contribution in [0.15, 0.2) is 59.4 Å². The Bertz CT molecular complexity index is 1340. The van der Waals surface area contributed by atoms with Gasteiger partial charge in [0.25, 0.3) is 5.56 Å². The molecule has 2 N–H and O–H groups in total. The normalized spacial score (nSPS) is 12.2. The average Bonchev–Trinajstić information content (AvgIpc) is 2.74. The number of benzene rings is 2. The van der Waals surface area contributed by atoms with Crippen molar-refractivity contribution in [2.75, 3.05) is 11.9 Å². The molecular formula is C23H20F2N4O2. The van der Waals surface area contributed by atoms with Crippen LogP contribution in [-0.4, -0.2) is 32.3 Å². The van der Waals surface area contributed by atoms with Crippen LogP contribution in [0.1, 0.15) is 12.5 Å². The first-order chi connectivity index (χ1) is 14.9. The van der Waals surface area contributed by atoms with Gasteiger partial charge in [-0.25, -0.2) is 13.8 Å². The van der Waals surface area contributed by atoms with Gasteiger partial charge in [0.2, 0.25) is 5.95 Å². The predicted octanol–water partition coefficient (Wildman–Crippen LogP) is 3.83. The fraction of sp³-hybridized carbons (Fsp3) is 0.174. The summed E-state index contributed by atoms with van der Waals surface area (Å²) in [4.78, 5) is 21.8. The summed E-state index contributed by atoms with van der Waals surface area (Å²) in [6.45, 7) is 3.33. The van der Waals surface area contributed by atoms with Crippen LogP contribution in [0.4, 0.5) is 14.7 Å². The molecule has 31 heavy (non-hydrogen) atoms. The van der Waals surface area contributed by atoms with Crippen LogP contribution in [0.5, 0.6) is 0 Å². The van der Waals surface area contributed by atoms with Gasteiger partial charge in [0.15, 0.2) is 5.65 Å². The predicted molar refractivity (Wildman–Crippen MR) is 115 cm³/mol. The van der Waals surface area contributed by atoms with E-state index in [9.17, 15) is 18.7 Å². The second kappa shape index (κ2) is 8.23. The maximum Gasteiger partial charge on any atom is 0.256 e. The van der Waals surface area contributed by atoms with E-state index in [2.05, 4.69) is 15.3 Å². The van der Waals surface area contributed by atoms with Gasteiger partial charge in [0.05, 0.1) is 18.0 Å². The zero-order chi connectivity index (χ0) is 22.1. The molecule has 2 heterocycles. The number of hydrogen-bond acceptors (Lipinski definition) is 5. The molecule has 4 aromatic rings. The highest BCUT2D eigenvalue weighted by atomic mass is 19.1. The highest BCUT2D eigenvalue weighted by Crippen LogP contribution is 2.30. The highest BCUT2D eigenvalue weighted by molar-refractivity contribution is 5.93. The molecule has 1 atom stereocenters. The Kier molecular flexibility index (Phi) is 5.48. The minimum absolute atomic E-state index is 0.0553. The molecule has 2 aromatic carbocycles. The quantitative estimate of drug-likeness (QED) is 0.511. The Hall–Kier alpha value is -3.65. The molecule has 0 saturated heterocycles. The Morgan fingerprint density at radius 2 is 1.87 bits per heavy atom. The molecule has 0 fully saturated rings. The van der Waals surface area contributed by atoms with Gasteiger partial charge in [0, 0.05) is 23.1 Å². The fourth-order valence-corrected chi connectivity index (χ4v) is 3.41. The first-order valence-electron chi connectivity index (χ1n) is 9.71. The van der Waals surface area contributed by atoms with Crippen molar-refractivity contribution in [1.82, 2.24) is 14.5 Å². The topological polar surface area (TPSA) is 80.0 Å². The van der Waals surface area contributed by atoms with Gasteiger partial charge in [-0.05, 0) is 55.8 Å². The van der Waals surface area contributed by atoms with Crippen LogP contribution < -0.4 is 10.9 Å². The van der Waals surface area contributed by atoms with Gasteiger partial charge < -0.3 is 10.4 Å². The monoisotopic (exact) mass is 422 g/mol. The van der Waals surface area contributed by atoms with Crippen LogP contribution in [0.25, 0.3) is 28.0 Å². The van der Waals surface area contributed by atoms with E-state index in [-0.39, 0.29) is 35.7 Å². The highest BCUT2D eigenvalue weighted by Gasteiger charge is 2.18. The van der Waals surface area contributed by atoms with Crippen molar-refractivity contribution in [3.8, 4) is 16.9 Å². The second-order valence-electron chi connectivity index (χ2n) is 7.28. The number of hydrogen-bond donors (Lipinski definition) is 2. The third-order valence-corrected chi connectivity index (χ3v) is 4.94. The smallest absolute Gasteiger partial charge is 0.256 e. The SMILES string of the molecule is Cc1cc(F)ccc1-c1nc(N[C@@H](C)CO)nc2c1ccc(=O)n2-c1ccccc1F. The zero-order valence-electron chi connectivity index (χ0n) is 16.9. The van der Waals surface area contributed by atoms with E-state index in [0.717, 1.165) is 0 Å². The molecule has 0 aliphatic heterocycles. The van der Waals surface area contributed by atoms with Gasteiger partial charge in [-0.3, -0.25) is 9.36 Å². The van der Waals surface area contributed by atoms with Gasteiger partial charge in [0.1, 0.15) is 11.6 Å². The van der Waals surface area contributed by atoms with Gasteiger partial charge >= 0.3 is 0 Å². The number of fused-ring (bicyclic) bond motifs is 1. The van der Waals surface area contributed by atoms with Crippen molar-refractivity contribution in [2.45, 2.75) is 19.9 Å². The van der Waals surface area contributed by atoms with E-state index >= 15 is 0 Å². The van der Waals surface area contributed by atoms with Crippen LogP contribution in [0.3, 0.4) is 0 Å². The minimum Gasteiger partial charge on any atom is -0.394 e. The van der Waals surface area contributed by atoms with Crippen molar-refractivity contribution < 1.29 is 13.9 Å². The standard InChI is InChI=1S/C23H20F2N4O2/c1-13-11-15(24)7-8-16(13)21-17-9-10-20(31)29(19-6-4-3-5-18(19)25)22(17)28-23(27-21)26-14(2)12-30/h3-11,14,30H,12H2,1-2H3,(H,26,27,28)/t14-/m0/s1. The fourth-order valence-electron chi connectivity index (χ4n) is 3.41. The van der Waals surface area contributed by atoms with Crippen LogP contribution in [-0.2, 0) is 0 Å². The number of aromatic nitrogens is 3. The Balaban J connectivity index is 2.09. The Morgan fingerprint density at radius 3 is 2.58 bits per heavy atom. The number of anilines is 1. The van der Waals surface area contributed by atoms with Gasteiger partial charge in [-0.15, -0.1) is 0 Å². The van der Waals surface area contributed by atoms with Crippen molar-refractivity contribution in [1.29, 1.82) is 0 Å². The largest absolute Gasteiger partial charge is 0.394 e. The Labute approximate surface area is 176 Å². The molecule has 8 heteroatoms.